The Balaban J connectivity index is 1.64. The molecule has 1 aliphatic rings. The monoisotopic (exact) mass is 342 g/mol. The van der Waals surface area contributed by atoms with Gasteiger partial charge < -0.3 is 14.2 Å². The molecule has 0 saturated carbocycles. The second-order valence-corrected chi connectivity index (χ2v) is 6.49. The Morgan fingerprint density at radius 3 is 3.04 bits per heavy atom. The number of aromatic nitrogens is 3. The Morgan fingerprint density at radius 1 is 1.32 bits per heavy atom. The van der Waals surface area contributed by atoms with Gasteiger partial charge in [-0.1, -0.05) is 19.4 Å². The van der Waals surface area contributed by atoms with Crippen molar-refractivity contribution in [3.05, 3.63) is 48.3 Å². The number of hydrogen-bond donors (Lipinski definition) is 0. The van der Waals surface area contributed by atoms with Gasteiger partial charge in [0.05, 0.1) is 18.8 Å². The van der Waals surface area contributed by atoms with E-state index < -0.39 is 0 Å². The van der Waals surface area contributed by atoms with E-state index in [-0.39, 0.29) is 12.0 Å². The number of rotatable bonds is 6. The Hall–Kier alpha value is -2.37. The number of imidazole rings is 1. The highest BCUT2D eigenvalue weighted by Gasteiger charge is 2.28. The first-order valence-electron chi connectivity index (χ1n) is 9.10. The van der Waals surface area contributed by atoms with E-state index in [9.17, 15) is 4.79 Å². The molecule has 2 aromatic rings. The fraction of sp³-hybridized carbons (Fsp3) is 0.526. The molecule has 0 spiro atoms. The third-order valence-corrected chi connectivity index (χ3v) is 4.57. The van der Waals surface area contributed by atoms with Gasteiger partial charge in [-0.3, -0.25) is 4.98 Å². The minimum Gasteiger partial charge on any atom is -0.449 e. The van der Waals surface area contributed by atoms with E-state index in [0.29, 0.717) is 19.7 Å². The molecule has 0 aliphatic carbocycles. The second kappa shape index (κ2) is 8.65. The first-order chi connectivity index (χ1) is 12.3. The summed E-state index contributed by atoms with van der Waals surface area (Å²) in [5.41, 5.74) is 1.01. The Kier molecular flexibility index (Phi) is 6.04. The summed E-state index contributed by atoms with van der Waals surface area (Å²) in [7, 11) is 0. The minimum atomic E-state index is -0.194. The molecule has 0 N–H and O–H groups in total. The molecule has 1 amide bonds. The van der Waals surface area contributed by atoms with Gasteiger partial charge in [-0.25, -0.2) is 9.78 Å². The Morgan fingerprint density at radius 2 is 2.24 bits per heavy atom. The van der Waals surface area contributed by atoms with Crippen LogP contribution in [-0.2, 0) is 11.3 Å². The highest BCUT2D eigenvalue weighted by Crippen LogP contribution is 2.26. The average molecular weight is 342 g/mol. The molecule has 1 aliphatic heterocycles. The van der Waals surface area contributed by atoms with Crippen LogP contribution < -0.4 is 0 Å². The lowest BCUT2D eigenvalue weighted by atomic mass is 9.97. The first-order valence-corrected chi connectivity index (χ1v) is 9.10. The molecule has 134 valence electrons. The van der Waals surface area contributed by atoms with Crippen LogP contribution in [0.3, 0.4) is 0 Å². The van der Waals surface area contributed by atoms with Gasteiger partial charge in [-0.2, -0.15) is 0 Å². The van der Waals surface area contributed by atoms with Crippen molar-refractivity contribution in [2.75, 3.05) is 19.7 Å². The summed E-state index contributed by atoms with van der Waals surface area (Å²) >= 11 is 0. The number of amides is 1. The van der Waals surface area contributed by atoms with Crippen LogP contribution in [0.1, 0.15) is 50.0 Å². The van der Waals surface area contributed by atoms with Gasteiger partial charge in [-0.05, 0) is 31.4 Å². The number of carbonyl (C=O) groups is 1. The number of nitrogens with zero attached hydrogens (tertiary/aromatic N) is 4. The zero-order chi connectivity index (χ0) is 17.5. The quantitative estimate of drug-likeness (QED) is 0.755. The molecule has 1 fully saturated rings. The SMILES string of the molecule is CCCCOC(=O)N1CCCC(c2nccn2Cc2ccccn2)C1. The number of carbonyl (C=O) groups excluding carboxylic acids is 1. The number of unbranched alkanes of at least 4 members (excludes halogenated alkanes) is 1. The van der Waals surface area contributed by atoms with Crippen molar-refractivity contribution < 1.29 is 9.53 Å². The van der Waals surface area contributed by atoms with Gasteiger partial charge in [0.2, 0.25) is 0 Å². The van der Waals surface area contributed by atoms with Crippen LogP contribution >= 0.6 is 0 Å². The van der Waals surface area contributed by atoms with Crippen molar-refractivity contribution in [1.29, 1.82) is 0 Å². The van der Waals surface area contributed by atoms with E-state index in [0.717, 1.165) is 43.7 Å². The van der Waals surface area contributed by atoms with Crippen LogP contribution in [0.2, 0.25) is 0 Å². The van der Waals surface area contributed by atoms with Gasteiger partial charge >= 0.3 is 6.09 Å². The number of piperidine rings is 1. The lowest BCUT2D eigenvalue weighted by Crippen LogP contribution is -2.40. The van der Waals surface area contributed by atoms with Crippen LogP contribution in [-0.4, -0.2) is 45.2 Å². The highest BCUT2D eigenvalue weighted by atomic mass is 16.6. The van der Waals surface area contributed by atoms with Gasteiger partial charge in [0.15, 0.2) is 0 Å². The molecule has 0 aromatic carbocycles. The largest absolute Gasteiger partial charge is 0.449 e. The predicted molar refractivity (Wildman–Crippen MR) is 95.4 cm³/mol. The van der Waals surface area contributed by atoms with E-state index in [2.05, 4.69) is 21.5 Å². The van der Waals surface area contributed by atoms with E-state index >= 15 is 0 Å². The van der Waals surface area contributed by atoms with Crippen LogP contribution in [0.15, 0.2) is 36.8 Å². The zero-order valence-electron chi connectivity index (χ0n) is 14.8. The summed E-state index contributed by atoms with van der Waals surface area (Å²) < 4.78 is 7.50. The summed E-state index contributed by atoms with van der Waals surface area (Å²) in [6.45, 7) is 4.73. The van der Waals surface area contributed by atoms with E-state index in [4.69, 9.17) is 4.74 Å². The minimum absolute atomic E-state index is 0.194. The molecule has 0 radical (unpaired) electrons. The van der Waals surface area contributed by atoms with Gasteiger partial charge in [0.1, 0.15) is 5.82 Å². The van der Waals surface area contributed by atoms with Gasteiger partial charge in [-0.15, -0.1) is 0 Å². The molecule has 6 nitrogen and oxygen atoms in total. The molecule has 25 heavy (non-hydrogen) atoms. The molecular formula is C19H26N4O2. The Labute approximate surface area is 148 Å². The van der Waals surface area contributed by atoms with Crippen molar-refractivity contribution in [1.82, 2.24) is 19.4 Å². The lowest BCUT2D eigenvalue weighted by Gasteiger charge is -2.32. The van der Waals surface area contributed by atoms with Crippen LogP contribution in [0.4, 0.5) is 4.79 Å². The molecular weight excluding hydrogens is 316 g/mol. The maximum atomic E-state index is 12.2. The maximum absolute atomic E-state index is 12.2. The summed E-state index contributed by atoms with van der Waals surface area (Å²) in [6.07, 6.45) is 9.39. The topological polar surface area (TPSA) is 60.2 Å². The predicted octanol–water partition coefficient (Wildman–Crippen LogP) is 3.44. The van der Waals surface area contributed by atoms with Gasteiger partial charge in [0.25, 0.3) is 0 Å². The third kappa shape index (κ3) is 4.59. The number of ether oxygens (including phenoxy) is 1. The summed E-state index contributed by atoms with van der Waals surface area (Å²) in [6, 6.07) is 5.93. The lowest BCUT2D eigenvalue weighted by molar-refractivity contribution is 0.0896. The maximum Gasteiger partial charge on any atom is 0.409 e. The molecule has 1 atom stereocenters. The van der Waals surface area contributed by atoms with Gasteiger partial charge in [0, 0.05) is 37.6 Å². The summed E-state index contributed by atoms with van der Waals surface area (Å²) in [5.74, 6) is 1.27. The number of pyridine rings is 1. The molecule has 2 aromatic heterocycles. The van der Waals surface area contributed by atoms with Crippen molar-refractivity contribution in [3.63, 3.8) is 0 Å². The number of hydrogen-bond acceptors (Lipinski definition) is 4. The molecule has 3 heterocycles. The van der Waals surface area contributed by atoms with Crippen LogP contribution in [0.25, 0.3) is 0 Å². The van der Waals surface area contributed by atoms with Crippen LogP contribution in [0.5, 0.6) is 0 Å². The average Bonchev–Trinajstić information content (AvgIpc) is 3.11. The fourth-order valence-electron chi connectivity index (χ4n) is 3.23. The standard InChI is InChI=1S/C19H26N4O2/c1-2-3-13-25-19(24)23-11-6-7-16(14-23)18-21-10-12-22(18)15-17-8-4-5-9-20-17/h4-5,8-10,12,16H,2-3,6-7,11,13-15H2,1H3. The number of likely N-dealkylation sites (tertiary alicyclic amines) is 1. The normalized spacial score (nSPS) is 17.5. The Bertz CT molecular complexity index is 671. The van der Waals surface area contributed by atoms with E-state index in [1.54, 1.807) is 6.20 Å². The summed E-state index contributed by atoms with van der Waals surface area (Å²) in [4.78, 5) is 23.0. The third-order valence-electron chi connectivity index (χ3n) is 4.57. The highest BCUT2D eigenvalue weighted by molar-refractivity contribution is 5.67. The first kappa shape index (κ1) is 17.5. The van der Waals surface area contributed by atoms with E-state index in [1.165, 1.54) is 0 Å². The van der Waals surface area contributed by atoms with Crippen molar-refractivity contribution in [2.24, 2.45) is 0 Å². The van der Waals surface area contributed by atoms with Crippen molar-refractivity contribution in [3.8, 4) is 0 Å². The zero-order valence-corrected chi connectivity index (χ0v) is 14.8. The molecule has 0 bridgehead atoms. The summed E-state index contributed by atoms with van der Waals surface area (Å²) in [5, 5.41) is 0. The molecule has 6 heteroatoms. The fourth-order valence-corrected chi connectivity index (χ4v) is 3.23. The second-order valence-electron chi connectivity index (χ2n) is 6.49. The van der Waals surface area contributed by atoms with Crippen LogP contribution in [0, 0.1) is 0 Å². The smallest absolute Gasteiger partial charge is 0.409 e. The van der Waals surface area contributed by atoms with Crippen molar-refractivity contribution in [2.45, 2.75) is 45.1 Å². The molecule has 3 rings (SSSR count). The molecule has 1 saturated heterocycles. The van der Waals surface area contributed by atoms with E-state index in [1.807, 2.05) is 35.5 Å². The van der Waals surface area contributed by atoms with Crippen molar-refractivity contribution >= 4 is 6.09 Å². The molecule has 1 unspecified atom stereocenters.